The van der Waals surface area contributed by atoms with E-state index in [4.69, 9.17) is 0 Å². The number of ketones is 1. The molecule has 0 saturated heterocycles. The lowest BCUT2D eigenvalue weighted by atomic mass is 9.53. The van der Waals surface area contributed by atoms with Gasteiger partial charge in [0.2, 0.25) is 0 Å². The Balaban J connectivity index is 1.39. The van der Waals surface area contributed by atoms with Crippen LogP contribution in [0.3, 0.4) is 0 Å². The summed E-state index contributed by atoms with van der Waals surface area (Å²) in [6.45, 7) is 8.42. The molecule has 2 fully saturated rings. The first-order chi connectivity index (χ1) is 17.5. The highest BCUT2D eigenvalue weighted by molar-refractivity contribution is 5.93. The molecule has 0 aromatic heterocycles. The summed E-state index contributed by atoms with van der Waals surface area (Å²) in [6.07, 6.45) is 8.15. The van der Waals surface area contributed by atoms with Crippen molar-refractivity contribution in [2.24, 2.45) is 17.3 Å². The zero-order chi connectivity index (χ0) is 26.4. The number of benzene rings is 1. The maximum Gasteiger partial charge on any atom is 0.315 e. The number of allylic oxidation sites excluding steroid dienone is 4. The Morgan fingerprint density at radius 2 is 1.86 bits per heavy atom. The van der Waals surface area contributed by atoms with E-state index in [1.54, 1.807) is 5.57 Å². The summed E-state index contributed by atoms with van der Waals surface area (Å²) in [5.74, 6) is 7.74. The summed E-state index contributed by atoms with van der Waals surface area (Å²) < 4.78 is 0. The van der Waals surface area contributed by atoms with Crippen molar-refractivity contribution in [2.75, 3.05) is 6.54 Å². The van der Waals surface area contributed by atoms with Crippen molar-refractivity contribution in [1.29, 1.82) is 0 Å². The number of urea groups is 1. The van der Waals surface area contributed by atoms with E-state index in [0.717, 1.165) is 44.1 Å². The van der Waals surface area contributed by atoms with E-state index in [1.165, 1.54) is 16.7 Å². The number of nitrogens with one attached hydrogen (secondary N) is 2. The molecule has 1 aromatic carbocycles. The minimum Gasteiger partial charge on any atom is -0.393 e. The van der Waals surface area contributed by atoms with Gasteiger partial charge in [-0.05, 0) is 111 Å². The van der Waals surface area contributed by atoms with Gasteiger partial charge in [0.05, 0.1) is 12.6 Å². The molecule has 3 N–H and O–H groups in total. The normalized spacial score (nSPS) is 30.8. The molecule has 0 heterocycles. The predicted molar refractivity (Wildman–Crippen MR) is 146 cm³/mol. The number of amides is 2. The smallest absolute Gasteiger partial charge is 0.315 e. The van der Waals surface area contributed by atoms with Gasteiger partial charge >= 0.3 is 6.03 Å². The summed E-state index contributed by atoms with van der Waals surface area (Å²) >= 11 is 0. The lowest BCUT2D eigenvalue weighted by molar-refractivity contribution is -0.114. The summed E-state index contributed by atoms with van der Waals surface area (Å²) in [5.41, 5.74) is 6.10. The Labute approximate surface area is 221 Å². The van der Waals surface area contributed by atoms with Gasteiger partial charge < -0.3 is 15.7 Å². The van der Waals surface area contributed by atoms with Crippen molar-refractivity contribution in [3.63, 3.8) is 0 Å². The fourth-order valence-corrected chi connectivity index (χ4v) is 7.39. The number of rotatable bonds is 2. The Kier molecular flexibility index (Phi) is 6.83. The zero-order valence-electron chi connectivity index (χ0n) is 22.6. The number of hydrogen-bond acceptors (Lipinski definition) is 3. The van der Waals surface area contributed by atoms with Crippen LogP contribution in [-0.2, 0) is 4.79 Å². The van der Waals surface area contributed by atoms with Gasteiger partial charge in [-0.1, -0.05) is 36.5 Å². The van der Waals surface area contributed by atoms with Crippen molar-refractivity contribution in [3.05, 3.63) is 58.2 Å². The molecule has 37 heavy (non-hydrogen) atoms. The standard InChI is InChI=1S/C32H40N2O3/c1-31(2,3)34-30(37)33-17-5-6-20-7-9-21(10-8-20)26-19-32(4)27(15-16-28(32)36)25-13-11-22-18-23(35)12-14-24(22)29(25)26/h7-10,18,25-28,36H,11-17,19H2,1-4H3,(H2,33,34,37). The molecule has 2 amide bonds. The summed E-state index contributed by atoms with van der Waals surface area (Å²) in [4.78, 5) is 24.1. The van der Waals surface area contributed by atoms with Gasteiger partial charge in [0, 0.05) is 23.4 Å². The fraction of sp³-hybridized carbons (Fsp3) is 0.562. The molecular formula is C32H40N2O3. The fourth-order valence-electron chi connectivity index (χ4n) is 7.39. The number of fused-ring (bicyclic) bond motifs is 4. The molecule has 2 saturated carbocycles. The van der Waals surface area contributed by atoms with Crippen molar-refractivity contribution < 1.29 is 14.7 Å². The van der Waals surface area contributed by atoms with Crippen molar-refractivity contribution in [2.45, 2.75) is 90.2 Å². The monoisotopic (exact) mass is 500 g/mol. The van der Waals surface area contributed by atoms with Crippen LogP contribution in [0.15, 0.2) is 47.1 Å². The first-order valence-electron chi connectivity index (χ1n) is 13.8. The van der Waals surface area contributed by atoms with Crippen LogP contribution in [-0.4, -0.2) is 35.1 Å². The Morgan fingerprint density at radius 3 is 2.59 bits per heavy atom. The molecular weight excluding hydrogens is 460 g/mol. The molecule has 1 aromatic rings. The minimum absolute atomic E-state index is 0.0666. The second kappa shape index (κ2) is 9.80. The van der Waals surface area contributed by atoms with Crippen molar-refractivity contribution in [1.82, 2.24) is 10.6 Å². The quantitative estimate of drug-likeness (QED) is 0.476. The van der Waals surface area contributed by atoms with E-state index >= 15 is 0 Å². The third kappa shape index (κ3) is 5.14. The molecule has 5 unspecified atom stereocenters. The van der Waals surface area contributed by atoms with Crippen LogP contribution in [0.25, 0.3) is 0 Å². The molecule has 0 bridgehead atoms. The number of hydrogen-bond donors (Lipinski definition) is 3. The molecule has 0 radical (unpaired) electrons. The lowest BCUT2D eigenvalue weighted by Crippen LogP contribution is -2.46. The molecule has 5 atom stereocenters. The maximum atomic E-state index is 12.2. The molecule has 0 aliphatic heterocycles. The Hall–Kier alpha value is -2.84. The second-order valence-electron chi connectivity index (χ2n) is 12.7. The molecule has 4 aliphatic carbocycles. The number of aliphatic hydroxyl groups excluding tert-OH is 1. The summed E-state index contributed by atoms with van der Waals surface area (Å²) in [6, 6.07) is 8.30. The summed E-state index contributed by atoms with van der Waals surface area (Å²) in [5, 5.41) is 16.7. The second-order valence-corrected chi connectivity index (χ2v) is 12.7. The Bertz CT molecular complexity index is 1210. The zero-order valence-corrected chi connectivity index (χ0v) is 22.6. The minimum atomic E-state index is -0.282. The van der Waals surface area contributed by atoms with Crippen LogP contribution in [0.5, 0.6) is 0 Å². The van der Waals surface area contributed by atoms with Gasteiger partial charge in [-0.25, -0.2) is 4.79 Å². The van der Waals surface area contributed by atoms with E-state index in [-0.39, 0.29) is 41.3 Å². The molecule has 5 heteroatoms. The third-order valence-corrected chi connectivity index (χ3v) is 9.05. The van der Waals surface area contributed by atoms with E-state index in [1.807, 2.05) is 26.8 Å². The van der Waals surface area contributed by atoms with Gasteiger partial charge in [0.15, 0.2) is 5.78 Å². The number of carbonyl (C=O) groups excluding carboxylic acids is 2. The van der Waals surface area contributed by atoms with Gasteiger partial charge in [0.25, 0.3) is 0 Å². The number of aliphatic hydroxyl groups is 1. The average Bonchev–Trinajstić information content (AvgIpc) is 3.14. The average molecular weight is 501 g/mol. The predicted octanol–water partition coefficient (Wildman–Crippen LogP) is 5.40. The highest BCUT2D eigenvalue weighted by Crippen LogP contribution is 2.63. The van der Waals surface area contributed by atoms with Crippen LogP contribution < -0.4 is 10.6 Å². The summed E-state index contributed by atoms with van der Waals surface area (Å²) in [7, 11) is 0. The van der Waals surface area contributed by atoms with E-state index in [9.17, 15) is 14.7 Å². The van der Waals surface area contributed by atoms with Crippen LogP contribution in [0.1, 0.15) is 89.7 Å². The molecule has 5 nitrogen and oxygen atoms in total. The van der Waals surface area contributed by atoms with Gasteiger partial charge in [0.1, 0.15) is 0 Å². The topological polar surface area (TPSA) is 78.4 Å². The maximum absolute atomic E-state index is 12.2. The largest absolute Gasteiger partial charge is 0.393 e. The molecule has 4 aliphatic rings. The first-order valence-corrected chi connectivity index (χ1v) is 13.8. The number of carbonyl (C=O) groups is 2. The molecule has 196 valence electrons. The van der Waals surface area contributed by atoms with Crippen LogP contribution in [0, 0.1) is 29.1 Å². The van der Waals surface area contributed by atoms with Crippen LogP contribution in [0.2, 0.25) is 0 Å². The highest BCUT2D eigenvalue weighted by atomic mass is 16.3. The van der Waals surface area contributed by atoms with E-state index < -0.39 is 0 Å². The van der Waals surface area contributed by atoms with Crippen molar-refractivity contribution >= 4 is 11.8 Å². The molecule has 0 spiro atoms. The van der Waals surface area contributed by atoms with E-state index in [2.05, 4.69) is 53.7 Å². The van der Waals surface area contributed by atoms with Gasteiger partial charge in [-0.2, -0.15) is 0 Å². The van der Waals surface area contributed by atoms with Crippen LogP contribution in [0.4, 0.5) is 4.79 Å². The molecule has 5 rings (SSSR count). The third-order valence-electron chi connectivity index (χ3n) is 9.05. The SMILES string of the molecule is CC(C)(C)NC(=O)NCC#Cc1ccc(C2CC3(C)C(O)CCC3C3CCC4=CC(=O)CCC4=C23)cc1. The van der Waals surface area contributed by atoms with Crippen LogP contribution >= 0.6 is 0 Å². The lowest BCUT2D eigenvalue weighted by Gasteiger charge is -2.52. The Morgan fingerprint density at radius 1 is 1.11 bits per heavy atom. The van der Waals surface area contributed by atoms with E-state index in [0.29, 0.717) is 18.3 Å². The van der Waals surface area contributed by atoms with Crippen molar-refractivity contribution in [3.8, 4) is 11.8 Å². The van der Waals surface area contributed by atoms with Gasteiger partial charge in [-0.3, -0.25) is 4.79 Å². The highest BCUT2D eigenvalue weighted by Gasteiger charge is 2.56. The van der Waals surface area contributed by atoms with Gasteiger partial charge in [-0.15, -0.1) is 0 Å². The first kappa shape index (κ1) is 25.8.